The quantitative estimate of drug-likeness (QED) is 0.162. The third-order valence-electron chi connectivity index (χ3n) is 11.4. The van der Waals surface area contributed by atoms with Gasteiger partial charge in [0.2, 0.25) is 21.9 Å². The van der Waals surface area contributed by atoms with Crippen molar-refractivity contribution in [3.63, 3.8) is 0 Å². The predicted octanol–water partition coefficient (Wildman–Crippen LogP) is 6.37. The van der Waals surface area contributed by atoms with Gasteiger partial charge in [0.25, 0.3) is 0 Å². The molecule has 0 spiro atoms. The van der Waals surface area contributed by atoms with Crippen molar-refractivity contribution in [3.05, 3.63) is 95.3 Å². The van der Waals surface area contributed by atoms with Crippen molar-refractivity contribution in [1.82, 2.24) is 34.3 Å². The van der Waals surface area contributed by atoms with Gasteiger partial charge in [-0.1, -0.05) is 18.2 Å². The Bertz CT molecular complexity index is 2540. The van der Waals surface area contributed by atoms with Gasteiger partial charge in [0, 0.05) is 63.0 Å². The van der Waals surface area contributed by atoms with Crippen molar-refractivity contribution in [2.24, 2.45) is 7.05 Å². The third-order valence-corrected chi connectivity index (χ3v) is 13.2. The normalized spacial score (nSPS) is 20.1. The van der Waals surface area contributed by atoms with Crippen LogP contribution in [0.25, 0.3) is 22.0 Å². The van der Waals surface area contributed by atoms with E-state index < -0.39 is 58.2 Å². The minimum absolute atomic E-state index is 0.0316. The first-order valence-corrected chi connectivity index (χ1v) is 20.7. The number of hydrogen-bond acceptors (Lipinski definition) is 9. The minimum Gasteiger partial charge on any atom is -0.348 e. The summed E-state index contributed by atoms with van der Waals surface area (Å²) in [5, 5.41) is 10.3. The fourth-order valence-electron chi connectivity index (χ4n) is 8.00. The number of rotatable bonds is 9. The van der Waals surface area contributed by atoms with Crippen LogP contribution in [-0.2, 0) is 34.6 Å². The average molecular weight is 856 g/mol. The van der Waals surface area contributed by atoms with Gasteiger partial charge in [-0.3, -0.25) is 24.6 Å². The number of imide groups is 1. The maximum absolute atomic E-state index is 15.6. The molecule has 3 saturated heterocycles. The second kappa shape index (κ2) is 16.1. The molecule has 13 nitrogen and oxygen atoms in total. The van der Waals surface area contributed by atoms with Crippen molar-refractivity contribution in [2.75, 3.05) is 42.9 Å². The van der Waals surface area contributed by atoms with E-state index in [0.717, 1.165) is 45.7 Å². The predicted molar refractivity (Wildman–Crippen MR) is 208 cm³/mol. The number of aromatic nitrogens is 4. The standard InChI is InChI=1S/C40H39F6N9O4S/c1-52-35-18-25(5-6-29(35)37(51-52)55-14-10-36(56)50-39(55)57)23-7-11-53(12-8-23)21-30-31(41)16-26(17-32(30)42)24-3-2-4-28(15-24)60(58,59)54-13-9-34(33(43)22-54)49-38-47-19-27(20-48-38)40(44,45)46/h2-6,15-20,23,33-34H,7-14,21-22H2,1H3,(H,47,48,49)(H,50,56,57)/t33-,34+/m1/s1. The van der Waals surface area contributed by atoms with Crippen LogP contribution in [0.3, 0.4) is 0 Å². The zero-order valence-corrected chi connectivity index (χ0v) is 32.9. The Kier molecular flexibility index (Phi) is 11.0. The van der Waals surface area contributed by atoms with E-state index in [0.29, 0.717) is 31.3 Å². The molecular weight excluding hydrogens is 817 g/mol. The van der Waals surface area contributed by atoms with Crippen LogP contribution in [0.5, 0.6) is 0 Å². The van der Waals surface area contributed by atoms with Crippen LogP contribution in [0.15, 0.2) is 71.9 Å². The van der Waals surface area contributed by atoms with Gasteiger partial charge < -0.3 is 5.32 Å². The number of anilines is 2. The molecule has 3 aliphatic heterocycles. The number of nitrogens with one attached hydrogen (secondary N) is 2. The van der Waals surface area contributed by atoms with Gasteiger partial charge in [-0.2, -0.15) is 22.6 Å². The molecule has 316 valence electrons. The average Bonchev–Trinajstić information content (AvgIpc) is 3.54. The van der Waals surface area contributed by atoms with Crippen molar-refractivity contribution in [3.8, 4) is 11.1 Å². The van der Waals surface area contributed by atoms with Crippen LogP contribution in [0.1, 0.15) is 48.3 Å². The van der Waals surface area contributed by atoms with Gasteiger partial charge in [0.05, 0.1) is 22.0 Å². The number of carbonyl (C=O) groups is 2. The number of aryl methyl sites for hydroxylation is 1. The van der Waals surface area contributed by atoms with Gasteiger partial charge in [0.15, 0.2) is 5.82 Å². The van der Waals surface area contributed by atoms with Crippen molar-refractivity contribution >= 4 is 44.6 Å². The summed E-state index contributed by atoms with van der Waals surface area (Å²) in [6, 6.07) is 12.4. The summed E-state index contributed by atoms with van der Waals surface area (Å²) in [4.78, 5) is 34.5. The molecule has 3 fully saturated rings. The van der Waals surface area contributed by atoms with E-state index >= 15 is 13.2 Å². The maximum Gasteiger partial charge on any atom is 0.419 e. The molecule has 0 aliphatic carbocycles. The van der Waals surface area contributed by atoms with Crippen LogP contribution in [0, 0.1) is 11.6 Å². The van der Waals surface area contributed by atoms with Gasteiger partial charge in [0.1, 0.15) is 17.8 Å². The summed E-state index contributed by atoms with van der Waals surface area (Å²) in [6.07, 6.45) is -3.62. The van der Waals surface area contributed by atoms with E-state index in [-0.39, 0.29) is 71.8 Å². The molecule has 0 saturated carbocycles. The van der Waals surface area contributed by atoms with Gasteiger partial charge in [-0.25, -0.2) is 36.4 Å². The lowest BCUT2D eigenvalue weighted by Gasteiger charge is -2.34. The van der Waals surface area contributed by atoms with E-state index in [9.17, 15) is 31.2 Å². The van der Waals surface area contributed by atoms with Crippen molar-refractivity contribution in [2.45, 2.75) is 61.4 Å². The SMILES string of the molecule is Cn1nc(N2CCC(=O)NC2=O)c2ccc(C3CCN(Cc4c(F)cc(-c5cccc(S(=O)(=O)N6CC[C@H](Nc7ncc(C(F)(F)F)cn7)[C@H](F)C6)c5)cc4F)CC3)cc21. The molecule has 0 radical (unpaired) electrons. The molecule has 20 heteroatoms. The zero-order chi connectivity index (χ0) is 42.5. The number of likely N-dealkylation sites (tertiary alicyclic amines) is 1. The number of urea groups is 1. The largest absolute Gasteiger partial charge is 0.419 e. The highest BCUT2D eigenvalue weighted by molar-refractivity contribution is 7.89. The minimum atomic E-state index is -4.64. The van der Waals surface area contributed by atoms with Crippen LogP contribution in [0.4, 0.5) is 42.9 Å². The number of halogens is 6. The summed E-state index contributed by atoms with van der Waals surface area (Å²) in [7, 11) is -2.46. The molecule has 2 aromatic heterocycles. The van der Waals surface area contributed by atoms with Crippen LogP contribution < -0.4 is 15.5 Å². The number of alkyl halides is 4. The first kappa shape index (κ1) is 41.1. The topological polar surface area (TPSA) is 146 Å². The second-order valence-electron chi connectivity index (χ2n) is 15.2. The van der Waals surface area contributed by atoms with Crippen LogP contribution in [0.2, 0.25) is 0 Å². The highest BCUT2D eigenvalue weighted by atomic mass is 32.2. The molecular formula is C40H39F6N9O4S. The van der Waals surface area contributed by atoms with E-state index in [1.54, 1.807) is 11.7 Å². The number of hydrogen-bond donors (Lipinski definition) is 2. The fourth-order valence-corrected chi connectivity index (χ4v) is 9.51. The molecule has 0 unspecified atom stereocenters. The molecule has 3 aromatic carbocycles. The molecule has 3 aliphatic rings. The molecule has 2 atom stereocenters. The Morgan fingerprint density at radius 3 is 2.28 bits per heavy atom. The number of benzene rings is 3. The number of amides is 3. The summed E-state index contributed by atoms with van der Waals surface area (Å²) in [5.74, 6) is -1.46. The Balaban J connectivity index is 0.889. The highest BCUT2D eigenvalue weighted by Crippen LogP contribution is 2.35. The Morgan fingerprint density at radius 2 is 1.62 bits per heavy atom. The number of fused-ring (bicyclic) bond motifs is 1. The fraction of sp³-hybridized carbons (Fsp3) is 0.375. The lowest BCUT2D eigenvalue weighted by Crippen LogP contribution is -2.50. The van der Waals surface area contributed by atoms with E-state index in [2.05, 4.69) is 25.7 Å². The molecule has 3 amide bonds. The van der Waals surface area contributed by atoms with Crippen molar-refractivity contribution < 1.29 is 44.3 Å². The first-order valence-electron chi connectivity index (χ1n) is 19.2. The lowest BCUT2D eigenvalue weighted by molar-refractivity contribution is -0.138. The summed E-state index contributed by atoms with van der Waals surface area (Å²) < 4.78 is 115. The molecule has 60 heavy (non-hydrogen) atoms. The van der Waals surface area contributed by atoms with Gasteiger partial charge in [-0.15, -0.1) is 0 Å². The molecule has 2 N–H and O–H groups in total. The highest BCUT2D eigenvalue weighted by Gasteiger charge is 2.37. The van der Waals surface area contributed by atoms with Gasteiger partial charge >= 0.3 is 12.2 Å². The molecule has 0 bridgehead atoms. The summed E-state index contributed by atoms with van der Waals surface area (Å²) in [6.45, 7) is 0.761. The third kappa shape index (κ3) is 8.27. The Labute approximate surface area is 340 Å². The zero-order valence-electron chi connectivity index (χ0n) is 32.1. The second-order valence-corrected chi connectivity index (χ2v) is 17.1. The monoisotopic (exact) mass is 855 g/mol. The van der Waals surface area contributed by atoms with E-state index in [4.69, 9.17) is 0 Å². The maximum atomic E-state index is 15.6. The molecule has 8 rings (SSSR count). The Hall–Kier alpha value is -5.60. The Morgan fingerprint density at radius 1 is 0.900 bits per heavy atom. The van der Waals surface area contributed by atoms with E-state index in [1.807, 2.05) is 23.1 Å². The first-order chi connectivity index (χ1) is 28.5. The van der Waals surface area contributed by atoms with Crippen LogP contribution >= 0.6 is 0 Å². The summed E-state index contributed by atoms with van der Waals surface area (Å²) in [5.41, 5.74) is 1.10. The number of piperidine rings is 2. The van der Waals surface area contributed by atoms with Gasteiger partial charge in [-0.05, 0) is 91.4 Å². The lowest BCUT2D eigenvalue weighted by atomic mass is 9.88. The smallest absolute Gasteiger partial charge is 0.348 e. The number of carbonyl (C=O) groups excluding carboxylic acids is 2. The van der Waals surface area contributed by atoms with Crippen molar-refractivity contribution in [1.29, 1.82) is 0 Å². The number of nitrogens with zero attached hydrogens (tertiary/aromatic N) is 7. The van der Waals surface area contributed by atoms with E-state index in [1.165, 1.54) is 29.2 Å². The molecule has 5 aromatic rings. The molecule has 5 heterocycles. The number of sulfonamides is 1. The summed E-state index contributed by atoms with van der Waals surface area (Å²) >= 11 is 0. The van der Waals surface area contributed by atoms with Crippen LogP contribution in [-0.4, -0.2) is 94.2 Å².